The number of nitrogens with zero attached hydrogens (tertiary/aromatic N) is 4. The van der Waals surface area contributed by atoms with Crippen molar-refractivity contribution in [3.05, 3.63) is 35.8 Å². The number of nitrogens with one attached hydrogen (secondary N) is 1. The first kappa shape index (κ1) is 19.9. The highest BCUT2D eigenvalue weighted by Gasteiger charge is 2.20. The van der Waals surface area contributed by atoms with Gasteiger partial charge in [-0.05, 0) is 25.6 Å². The zero-order valence-corrected chi connectivity index (χ0v) is 16.9. The molecule has 0 bridgehead atoms. The van der Waals surface area contributed by atoms with Crippen LogP contribution in [0.3, 0.4) is 0 Å². The maximum atomic E-state index is 12.8. The van der Waals surface area contributed by atoms with Crippen molar-refractivity contribution in [2.75, 3.05) is 57.2 Å². The molecule has 8 heteroatoms. The van der Waals surface area contributed by atoms with Crippen LogP contribution in [0.2, 0.25) is 0 Å². The molecule has 0 saturated carbocycles. The Labute approximate surface area is 165 Å². The predicted octanol–water partition coefficient (Wildman–Crippen LogP) is 2.20. The van der Waals surface area contributed by atoms with Gasteiger partial charge < -0.3 is 24.6 Å². The standard InChI is InChI=1S/C20H27N5O3/c1-5-24-8-10-25(11-9-24)19-13-17(21-14(2)22-19)20(26)23-16-7-6-15(27-3)12-18(16)28-4/h6-7,12-13H,5,8-11H2,1-4H3,(H,23,26). The molecule has 1 N–H and O–H groups in total. The number of methoxy groups -OCH3 is 2. The number of amides is 1. The topological polar surface area (TPSA) is 79.8 Å². The number of benzene rings is 1. The Kier molecular flexibility index (Phi) is 6.30. The van der Waals surface area contributed by atoms with Crippen LogP contribution in [-0.4, -0.2) is 67.7 Å². The zero-order valence-electron chi connectivity index (χ0n) is 16.9. The molecule has 0 atom stereocenters. The maximum Gasteiger partial charge on any atom is 0.274 e. The van der Waals surface area contributed by atoms with Gasteiger partial charge in [-0.1, -0.05) is 6.92 Å². The van der Waals surface area contributed by atoms with E-state index in [1.807, 2.05) is 0 Å². The van der Waals surface area contributed by atoms with Crippen LogP contribution in [-0.2, 0) is 0 Å². The molecule has 1 aliphatic heterocycles. The first-order valence-electron chi connectivity index (χ1n) is 9.40. The molecule has 28 heavy (non-hydrogen) atoms. The molecule has 0 radical (unpaired) electrons. The van der Waals surface area contributed by atoms with Gasteiger partial charge in [0.15, 0.2) is 0 Å². The molecule has 1 amide bonds. The minimum absolute atomic E-state index is 0.303. The number of aromatic nitrogens is 2. The number of piperazine rings is 1. The fourth-order valence-electron chi connectivity index (χ4n) is 3.21. The molecular formula is C20H27N5O3. The summed E-state index contributed by atoms with van der Waals surface area (Å²) in [5, 5.41) is 2.87. The van der Waals surface area contributed by atoms with E-state index in [1.54, 1.807) is 45.4 Å². The van der Waals surface area contributed by atoms with Gasteiger partial charge in [0, 0.05) is 38.3 Å². The highest BCUT2D eigenvalue weighted by molar-refractivity contribution is 6.04. The molecular weight excluding hydrogens is 358 g/mol. The van der Waals surface area contributed by atoms with Crippen molar-refractivity contribution >= 4 is 17.4 Å². The highest BCUT2D eigenvalue weighted by Crippen LogP contribution is 2.29. The maximum absolute atomic E-state index is 12.8. The average molecular weight is 385 g/mol. The minimum atomic E-state index is -0.303. The lowest BCUT2D eigenvalue weighted by Crippen LogP contribution is -2.46. The minimum Gasteiger partial charge on any atom is -0.497 e. The Morgan fingerprint density at radius 2 is 1.86 bits per heavy atom. The van der Waals surface area contributed by atoms with Crippen LogP contribution in [0, 0.1) is 6.92 Å². The van der Waals surface area contributed by atoms with Gasteiger partial charge >= 0.3 is 0 Å². The van der Waals surface area contributed by atoms with Gasteiger partial charge in [-0.25, -0.2) is 9.97 Å². The number of hydrogen-bond donors (Lipinski definition) is 1. The first-order valence-corrected chi connectivity index (χ1v) is 9.40. The molecule has 1 aromatic heterocycles. The van der Waals surface area contributed by atoms with E-state index < -0.39 is 0 Å². The smallest absolute Gasteiger partial charge is 0.274 e. The molecule has 150 valence electrons. The normalized spacial score (nSPS) is 14.6. The van der Waals surface area contributed by atoms with Crippen molar-refractivity contribution in [3.63, 3.8) is 0 Å². The van der Waals surface area contributed by atoms with Crippen molar-refractivity contribution in [1.82, 2.24) is 14.9 Å². The van der Waals surface area contributed by atoms with Gasteiger partial charge in [0.25, 0.3) is 5.91 Å². The molecule has 2 heterocycles. The second-order valence-electron chi connectivity index (χ2n) is 6.60. The van der Waals surface area contributed by atoms with Crippen LogP contribution < -0.4 is 19.7 Å². The van der Waals surface area contributed by atoms with Crippen molar-refractivity contribution in [2.45, 2.75) is 13.8 Å². The van der Waals surface area contributed by atoms with Crippen molar-refractivity contribution in [1.29, 1.82) is 0 Å². The number of carbonyl (C=O) groups excluding carboxylic acids is 1. The van der Waals surface area contributed by atoms with Crippen LogP contribution in [0.4, 0.5) is 11.5 Å². The lowest BCUT2D eigenvalue weighted by Gasteiger charge is -2.34. The van der Waals surface area contributed by atoms with Gasteiger partial charge in [-0.15, -0.1) is 0 Å². The summed E-state index contributed by atoms with van der Waals surface area (Å²) in [7, 11) is 3.13. The molecule has 1 fully saturated rings. The van der Waals surface area contributed by atoms with Gasteiger partial charge in [0.2, 0.25) is 0 Å². The Bertz CT molecular complexity index is 835. The van der Waals surface area contributed by atoms with Gasteiger partial charge in [0.05, 0.1) is 19.9 Å². The Hall–Kier alpha value is -2.87. The second kappa shape index (κ2) is 8.88. The molecule has 1 saturated heterocycles. The lowest BCUT2D eigenvalue weighted by atomic mass is 10.2. The third kappa shape index (κ3) is 4.51. The Balaban J connectivity index is 1.78. The largest absolute Gasteiger partial charge is 0.497 e. The summed E-state index contributed by atoms with van der Waals surface area (Å²) in [6.45, 7) is 8.77. The summed E-state index contributed by atoms with van der Waals surface area (Å²) in [5.41, 5.74) is 0.890. The third-order valence-corrected chi connectivity index (χ3v) is 4.86. The van der Waals surface area contributed by atoms with Crippen LogP contribution >= 0.6 is 0 Å². The van der Waals surface area contributed by atoms with Crippen molar-refractivity contribution < 1.29 is 14.3 Å². The molecule has 8 nitrogen and oxygen atoms in total. The zero-order chi connectivity index (χ0) is 20.1. The van der Waals surface area contributed by atoms with Gasteiger partial charge in [0.1, 0.15) is 28.8 Å². The van der Waals surface area contributed by atoms with E-state index in [1.165, 1.54) is 0 Å². The molecule has 0 spiro atoms. The van der Waals surface area contributed by atoms with Gasteiger partial charge in [-0.2, -0.15) is 0 Å². The van der Waals surface area contributed by atoms with E-state index in [4.69, 9.17) is 9.47 Å². The number of anilines is 2. The molecule has 1 aromatic carbocycles. The van der Waals surface area contributed by atoms with Crippen LogP contribution in [0.15, 0.2) is 24.3 Å². The fourth-order valence-corrected chi connectivity index (χ4v) is 3.21. The number of likely N-dealkylation sites (N-methyl/N-ethyl adjacent to an activating group) is 1. The van der Waals surface area contributed by atoms with E-state index in [-0.39, 0.29) is 5.91 Å². The SMILES string of the molecule is CCN1CCN(c2cc(C(=O)Nc3ccc(OC)cc3OC)nc(C)n2)CC1. The quantitative estimate of drug-likeness (QED) is 0.816. The molecule has 0 unspecified atom stereocenters. The first-order chi connectivity index (χ1) is 13.5. The summed E-state index contributed by atoms with van der Waals surface area (Å²) in [6, 6.07) is 6.98. The average Bonchev–Trinajstić information content (AvgIpc) is 2.73. The summed E-state index contributed by atoms with van der Waals surface area (Å²) in [4.78, 5) is 26.3. The Morgan fingerprint density at radius 1 is 1.11 bits per heavy atom. The van der Waals surface area contributed by atoms with Gasteiger partial charge in [-0.3, -0.25) is 4.79 Å². The number of ether oxygens (including phenoxy) is 2. The summed E-state index contributed by atoms with van der Waals surface area (Å²) >= 11 is 0. The second-order valence-corrected chi connectivity index (χ2v) is 6.60. The van der Waals surface area contributed by atoms with Crippen molar-refractivity contribution in [3.8, 4) is 11.5 Å². The molecule has 3 rings (SSSR count). The number of rotatable bonds is 6. The van der Waals surface area contributed by atoms with E-state index in [0.29, 0.717) is 28.7 Å². The molecule has 2 aromatic rings. The predicted molar refractivity (Wildman–Crippen MR) is 109 cm³/mol. The van der Waals surface area contributed by atoms with Crippen molar-refractivity contribution in [2.24, 2.45) is 0 Å². The Morgan fingerprint density at radius 3 is 2.50 bits per heavy atom. The molecule has 1 aliphatic rings. The van der Waals surface area contributed by atoms with E-state index in [9.17, 15) is 4.79 Å². The van der Waals surface area contributed by atoms with E-state index in [2.05, 4.69) is 32.0 Å². The summed E-state index contributed by atoms with van der Waals surface area (Å²) < 4.78 is 10.5. The van der Waals surface area contributed by atoms with Crippen LogP contribution in [0.5, 0.6) is 11.5 Å². The van der Waals surface area contributed by atoms with Crippen LogP contribution in [0.1, 0.15) is 23.2 Å². The highest BCUT2D eigenvalue weighted by atomic mass is 16.5. The lowest BCUT2D eigenvalue weighted by molar-refractivity contribution is 0.102. The molecule has 0 aliphatic carbocycles. The number of carbonyl (C=O) groups is 1. The number of aryl methyl sites for hydroxylation is 1. The summed E-state index contributed by atoms with van der Waals surface area (Å²) in [5.74, 6) is 2.23. The van der Waals surface area contributed by atoms with Crippen LogP contribution in [0.25, 0.3) is 0 Å². The fraction of sp³-hybridized carbons (Fsp3) is 0.450. The summed E-state index contributed by atoms with van der Waals surface area (Å²) in [6.07, 6.45) is 0. The van der Waals surface area contributed by atoms with E-state index in [0.717, 1.165) is 38.5 Å². The monoisotopic (exact) mass is 385 g/mol. The number of hydrogen-bond acceptors (Lipinski definition) is 7. The third-order valence-electron chi connectivity index (χ3n) is 4.86. The van der Waals surface area contributed by atoms with E-state index >= 15 is 0 Å².